The van der Waals surface area contributed by atoms with Gasteiger partial charge in [0, 0.05) is 10.9 Å². The Morgan fingerprint density at radius 3 is 2.73 bits per heavy atom. The van der Waals surface area contributed by atoms with E-state index in [1.165, 1.54) is 12.1 Å². The molecule has 22 heavy (non-hydrogen) atoms. The minimum Gasteiger partial charge on any atom is -0.349 e. The van der Waals surface area contributed by atoms with E-state index in [9.17, 15) is 9.18 Å². The molecule has 1 amide bonds. The maximum Gasteiger partial charge on any atom is 0.269 e. The molecule has 2 N–H and O–H groups in total. The van der Waals surface area contributed by atoms with Crippen molar-refractivity contribution in [2.75, 3.05) is 0 Å². The largest absolute Gasteiger partial charge is 0.349 e. The molecule has 3 aromatic rings. The third kappa shape index (κ3) is 2.70. The zero-order valence-electron chi connectivity index (χ0n) is 11.9. The molecular weight excluding hydrogens is 303 g/mol. The Morgan fingerprint density at radius 2 is 2.00 bits per heavy atom. The van der Waals surface area contributed by atoms with E-state index in [4.69, 9.17) is 11.6 Å². The van der Waals surface area contributed by atoms with E-state index in [-0.39, 0.29) is 17.8 Å². The van der Waals surface area contributed by atoms with Crippen molar-refractivity contribution in [3.8, 4) is 0 Å². The Labute approximate surface area is 132 Å². The molecule has 0 fully saturated rings. The number of carbonyl (C=O) groups is 1. The highest BCUT2D eigenvalue weighted by Crippen LogP contribution is 2.27. The smallest absolute Gasteiger partial charge is 0.269 e. The van der Waals surface area contributed by atoms with Gasteiger partial charge in [0.25, 0.3) is 5.91 Å². The Bertz CT molecular complexity index is 844. The number of H-pyrrole nitrogens is 1. The summed E-state index contributed by atoms with van der Waals surface area (Å²) in [5, 5.41) is 4.01. The van der Waals surface area contributed by atoms with Crippen LogP contribution in [0.3, 0.4) is 0 Å². The molecule has 5 heteroatoms. The third-order valence-electron chi connectivity index (χ3n) is 3.57. The van der Waals surface area contributed by atoms with E-state index in [0.29, 0.717) is 16.3 Å². The van der Waals surface area contributed by atoms with Crippen molar-refractivity contribution in [2.24, 2.45) is 0 Å². The Hall–Kier alpha value is -2.33. The first-order chi connectivity index (χ1) is 10.6. The normalized spacial score (nSPS) is 12.3. The van der Waals surface area contributed by atoms with Crippen molar-refractivity contribution in [2.45, 2.75) is 13.0 Å². The van der Waals surface area contributed by atoms with Gasteiger partial charge in [-0.1, -0.05) is 41.9 Å². The lowest BCUT2D eigenvalue weighted by atomic mass is 10.1. The van der Waals surface area contributed by atoms with Crippen LogP contribution in [0.25, 0.3) is 10.9 Å². The predicted molar refractivity (Wildman–Crippen MR) is 85.6 cm³/mol. The summed E-state index contributed by atoms with van der Waals surface area (Å²) >= 11 is 6.25. The molecule has 3 nitrogen and oxygen atoms in total. The monoisotopic (exact) mass is 316 g/mol. The Kier molecular flexibility index (Phi) is 3.86. The molecule has 0 radical (unpaired) electrons. The summed E-state index contributed by atoms with van der Waals surface area (Å²) < 4.78 is 13.3. The molecule has 0 aliphatic carbocycles. The van der Waals surface area contributed by atoms with Crippen molar-refractivity contribution < 1.29 is 9.18 Å². The van der Waals surface area contributed by atoms with Gasteiger partial charge in [-0.3, -0.25) is 4.79 Å². The SMILES string of the molecule is CC(NC(=O)c1[nH]c2ccccc2c1Cl)c1cccc(F)c1. The molecule has 1 aromatic heterocycles. The Balaban J connectivity index is 1.85. The molecule has 0 saturated carbocycles. The Morgan fingerprint density at radius 1 is 1.23 bits per heavy atom. The van der Waals surface area contributed by atoms with Crippen LogP contribution in [0.5, 0.6) is 0 Å². The second-order valence-electron chi connectivity index (χ2n) is 5.11. The van der Waals surface area contributed by atoms with Crippen LogP contribution in [0.4, 0.5) is 4.39 Å². The van der Waals surface area contributed by atoms with Gasteiger partial charge < -0.3 is 10.3 Å². The zero-order valence-corrected chi connectivity index (χ0v) is 12.6. The van der Waals surface area contributed by atoms with Crippen LogP contribution in [0.1, 0.15) is 29.0 Å². The van der Waals surface area contributed by atoms with Gasteiger partial charge in [-0.2, -0.15) is 0 Å². The van der Waals surface area contributed by atoms with Crippen molar-refractivity contribution in [1.29, 1.82) is 0 Å². The van der Waals surface area contributed by atoms with Gasteiger partial charge in [0.05, 0.1) is 11.1 Å². The quantitative estimate of drug-likeness (QED) is 0.736. The second-order valence-corrected chi connectivity index (χ2v) is 5.49. The van der Waals surface area contributed by atoms with E-state index in [1.54, 1.807) is 19.1 Å². The average molecular weight is 317 g/mol. The molecule has 0 spiro atoms. The molecule has 112 valence electrons. The number of para-hydroxylation sites is 1. The summed E-state index contributed by atoms with van der Waals surface area (Å²) in [6.07, 6.45) is 0. The summed E-state index contributed by atoms with van der Waals surface area (Å²) in [4.78, 5) is 15.4. The van der Waals surface area contributed by atoms with Crippen molar-refractivity contribution in [3.63, 3.8) is 0 Å². The highest BCUT2D eigenvalue weighted by molar-refractivity contribution is 6.38. The molecule has 1 heterocycles. The number of hydrogen-bond donors (Lipinski definition) is 2. The number of aromatic amines is 1. The van der Waals surface area contributed by atoms with Crippen molar-refractivity contribution in [1.82, 2.24) is 10.3 Å². The second kappa shape index (κ2) is 5.81. The van der Waals surface area contributed by atoms with Crippen molar-refractivity contribution >= 4 is 28.4 Å². The van der Waals surface area contributed by atoms with Gasteiger partial charge in [0.1, 0.15) is 11.5 Å². The summed E-state index contributed by atoms with van der Waals surface area (Å²) in [6, 6.07) is 13.3. The zero-order chi connectivity index (χ0) is 15.7. The summed E-state index contributed by atoms with van der Waals surface area (Å²) in [5.41, 5.74) is 1.81. The first kappa shape index (κ1) is 14.6. The molecule has 1 atom stereocenters. The molecule has 2 aromatic carbocycles. The predicted octanol–water partition coefficient (Wildman–Crippen LogP) is 4.45. The van der Waals surface area contributed by atoms with E-state index in [2.05, 4.69) is 10.3 Å². The van der Waals surface area contributed by atoms with Crippen LogP contribution in [-0.2, 0) is 0 Å². The summed E-state index contributed by atoms with van der Waals surface area (Å²) in [5.74, 6) is -0.653. The van der Waals surface area contributed by atoms with Gasteiger partial charge >= 0.3 is 0 Å². The summed E-state index contributed by atoms with van der Waals surface area (Å²) in [7, 11) is 0. The maximum absolute atomic E-state index is 13.3. The van der Waals surface area contributed by atoms with Gasteiger partial charge in [0.2, 0.25) is 0 Å². The van der Waals surface area contributed by atoms with Crippen LogP contribution >= 0.6 is 11.6 Å². The first-order valence-corrected chi connectivity index (χ1v) is 7.26. The molecular formula is C17H14ClFN2O. The summed E-state index contributed by atoms with van der Waals surface area (Å²) in [6.45, 7) is 1.79. The molecule has 0 aliphatic heterocycles. The fourth-order valence-corrected chi connectivity index (χ4v) is 2.69. The molecule has 0 aliphatic rings. The fourth-order valence-electron chi connectivity index (χ4n) is 2.39. The third-order valence-corrected chi connectivity index (χ3v) is 3.96. The first-order valence-electron chi connectivity index (χ1n) is 6.89. The van der Waals surface area contributed by atoms with Crippen molar-refractivity contribution in [3.05, 3.63) is 70.6 Å². The van der Waals surface area contributed by atoms with Gasteiger partial charge in [-0.05, 0) is 30.7 Å². The van der Waals surface area contributed by atoms with Crippen LogP contribution < -0.4 is 5.32 Å². The van der Waals surface area contributed by atoms with E-state index in [1.807, 2.05) is 24.3 Å². The van der Waals surface area contributed by atoms with E-state index < -0.39 is 0 Å². The molecule has 3 rings (SSSR count). The molecule has 0 saturated heterocycles. The molecule has 1 unspecified atom stereocenters. The lowest BCUT2D eigenvalue weighted by molar-refractivity contribution is 0.0935. The minimum absolute atomic E-state index is 0.311. The standard InChI is InChI=1S/C17H14ClFN2O/c1-10(11-5-4-6-12(19)9-11)20-17(22)16-15(18)13-7-2-3-8-14(13)21-16/h2-10,21H,1H3,(H,20,22). The van der Waals surface area contributed by atoms with Crippen LogP contribution in [0, 0.1) is 5.82 Å². The number of amides is 1. The van der Waals surface area contributed by atoms with Crippen LogP contribution in [0.15, 0.2) is 48.5 Å². The number of carbonyl (C=O) groups excluding carboxylic acids is 1. The lowest BCUT2D eigenvalue weighted by Crippen LogP contribution is -2.27. The fraction of sp³-hybridized carbons (Fsp3) is 0.118. The number of nitrogens with one attached hydrogen (secondary N) is 2. The van der Waals surface area contributed by atoms with E-state index >= 15 is 0 Å². The number of benzene rings is 2. The number of halogens is 2. The topological polar surface area (TPSA) is 44.9 Å². The maximum atomic E-state index is 13.3. The number of hydrogen-bond acceptors (Lipinski definition) is 1. The van der Waals surface area contributed by atoms with Crippen LogP contribution in [-0.4, -0.2) is 10.9 Å². The van der Waals surface area contributed by atoms with Gasteiger partial charge in [-0.15, -0.1) is 0 Å². The minimum atomic E-state index is -0.331. The highest BCUT2D eigenvalue weighted by atomic mass is 35.5. The number of rotatable bonds is 3. The molecule has 0 bridgehead atoms. The highest BCUT2D eigenvalue weighted by Gasteiger charge is 2.18. The number of aromatic nitrogens is 1. The van der Waals surface area contributed by atoms with Gasteiger partial charge in [0.15, 0.2) is 0 Å². The average Bonchev–Trinajstić information content (AvgIpc) is 2.85. The van der Waals surface area contributed by atoms with Crippen LogP contribution in [0.2, 0.25) is 5.02 Å². The number of fused-ring (bicyclic) bond motifs is 1. The van der Waals surface area contributed by atoms with E-state index in [0.717, 1.165) is 10.9 Å². The van der Waals surface area contributed by atoms with Gasteiger partial charge in [-0.25, -0.2) is 4.39 Å². The lowest BCUT2D eigenvalue weighted by Gasteiger charge is -2.14.